The van der Waals surface area contributed by atoms with Gasteiger partial charge in [0, 0.05) is 10.6 Å². The van der Waals surface area contributed by atoms with Gasteiger partial charge in [0.05, 0.1) is 12.7 Å². The predicted molar refractivity (Wildman–Crippen MR) is 60.7 cm³/mol. The fraction of sp³-hybridized carbons (Fsp3) is 0.333. The van der Waals surface area contributed by atoms with Crippen molar-refractivity contribution < 1.29 is 4.74 Å². The zero-order valence-electron chi connectivity index (χ0n) is 8.06. The minimum atomic E-state index is 0.521. The fourth-order valence-electron chi connectivity index (χ4n) is 1.18. The second-order valence-corrected chi connectivity index (χ2v) is 4.38. The molecule has 0 saturated carbocycles. The van der Waals surface area contributed by atoms with E-state index in [1.807, 2.05) is 17.8 Å². The normalized spacial score (nSPS) is 20.1. The van der Waals surface area contributed by atoms with E-state index in [2.05, 4.69) is 36.4 Å². The molecular weight excluding hydrogens is 192 g/mol. The summed E-state index contributed by atoms with van der Waals surface area (Å²) in [5, 5.41) is 0. The first kappa shape index (κ1) is 9.81. The van der Waals surface area contributed by atoms with Crippen molar-refractivity contribution in [1.29, 1.82) is 0 Å². The van der Waals surface area contributed by atoms with Gasteiger partial charge in [-0.05, 0) is 18.6 Å². The van der Waals surface area contributed by atoms with E-state index >= 15 is 0 Å². The molecule has 1 aromatic rings. The van der Waals surface area contributed by atoms with Crippen LogP contribution in [0, 0.1) is 0 Å². The van der Waals surface area contributed by atoms with Gasteiger partial charge in [-0.3, -0.25) is 0 Å². The molecular formula is C12H14OS. The lowest BCUT2D eigenvalue weighted by molar-refractivity contribution is 0.410. The largest absolute Gasteiger partial charge is 0.373 e. The maximum absolute atomic E-state index is 5.12. The van der Waals surface area contributed by atoms with Gasteiger partial charge in [0.1, 0.15) is 0 Å². The summed E-state index contributed by atoms with van der Waals surface area (Å²) in [6, 6.07) is 10.5. The highest BCUT2D eigenvalue weighted by Crippen LogP contribution is 2.18. The van der Waals surface area contributed by atoms with Crippen molar-refractivity contribution in [2.75, 3.05) is 12.4 Å². The number of hydrogen-bond donors (Lipinski definition) is 0. The van der Waals surface area contributed by atoms with Crippen LogP contribution in [0.5, 0.6) is 0 Å². The predicted octanol–water partition coefficient (Wildman–Crippen LogP) is 3.12. The van der Waals surface area contributed by atoms with Crippen molar-refractivity contribution in [1.82, 2.24) is 0 Å². The Hall–Kier alpha value is -0.730. The van der Waals surface area contributed by atoms with Crippen molar-refractivity contribution in [2.24, 2.45) is 0 Å². The molecule has 1 nitrogen and oxygen atoms in total. The quantitative estimate of drug-likeness (QED) is 0.417. The molecule has 1 atom stereocenters. The SMILES string of the molecule is C(=C\CC1CO1)/CSc1ccccc1. The van der Waals surface area contributed by atoms with E-state index < -0.39 is 0 Å². The van der Waals surface area contributed by atoms with Crippen LogP contribution in [0.3, 0.4) is 0 Å². The van der Waals surface area contributed by atoms with Gasteiger partial charge in [-0.25, -0.2) is 0 Å². The van der Waals surface area contributed by atoms with Crippen LogP contribution in [0.4, 0.5) is 0 Å². The number of rotatable bonds is 5. The summed E-state index contributed by atoms with van der Waals surface area (Å²) in [6.07, 6.45) is 6.04. The number of ether oxygens (including phenoxy) is 1. The highest BCUT2D eigenvalue weighted by molar-refractivity contribution is 7.99. The molecule has 74 valence electrons. The molecule has 1 aliphatic rings. The third-order valence-corrected chi connectivity index (χ3v) is 3.02. The van der Waals surface area contributed by atoms with Crippen molar-refractivity contribution in [3.63, 3.8) is 0 Å². The molecule has 1 fully saturated rings. The second kappa shape index (κ2) is 5.23. The Morgan fingerprint density at radius 2 is 2.07 bits per heavy atom. The molecule has 0 amide bonds. The lowest BCUT2D eigenvalue weighted by atomic mass is 10.3. The van der Waals surface area contributed by atoms with Crippen LogP contribution >= 0.6 is 11.8 Å². The Bertz CT molecular complexity index is 290. The molecule has 0 aromatic heterocycles. The number of epoxide rings is 1. The van der Waals surface area contributed by atoms with Crippen LogP contribution in [-0.4, -0.2) is 18.5 Å². The van der Waals surface area contributed by atoms with Crippen LogP contribution in [-0.2, 0) is 4.74 Å². The van der Waals surface area contributed by atoms with Gasteiger partial charge in [-0.2, -0.15) is 0 Å². The van der Waals surface area contributed by atoms with Crippen molar-refractivity contribution in [2.45, 2.75) is 17.4 Å². The molecule has 1 aromatic carbocycles. The van der Waals surface area contributed by atoms with Gasteiger partial charge in [-0.1, -0.05) is 30.4 Å². The van der Waals surface area contributed by atoms with E-state index in [-0.39, 0.29) is 0 Å². The molecule has 14 heavy (non-hydrogen) atoms. The van der Waals surface area contributed by atoms with E-state index in [4.69, 9.17) is 4.74 Å². The van der Waals surface area contributed by atoms with Crippen molar-refractivity contribution in [3.05, 3.63) is 42.5 Å². The first-order valence-corrected chi connectivity index (χ1v) is 5.88. The smallest absolute Gasteiger partial charge is 0.0844 e. The highest BCUT2D eigenvalue weighted by Gasteiger charge is 2.19. The topological polar surface area (TPSA) is 12.5 Å². The summed E-state index contributed by atoms with van der Waals surface area (Å²) in [5.41, 5.74) is 0. The summed E-state index contributed by atoms with van der Waals surface area (Å²) >= 11 is 1.86. The summed E-state index contributed by atoms with van der Waals surface area (Å²) < 4.78 is 5.12. The Morgan fingerprint density at radius 1 is 1.29 bits per heavy atom. The summed E-state index contributed by atoms with van der Waals surface area (Å²) in [4.78, 5) is 1.33. The molecule has 0 spiro atoms. The summed E-state index contributed by atoms with van der Waals surface area (Å²) in [5.74, 6) is 1.05. The van der Waals surface area contributed by atoms with Crippen molar-refractivity contribution in [3.8, 4) is 0 Å². The lowest BCUT2D eigenvalue weighted by Crippen LogP contribution is -1.79. The van der Waals surface area contributed by atoms with Crippen LogP contribution in [0.25, 0.3) is 0 Å². The van der Waals surface area contributed by atoms with Crippen LogP contribution in [0.1, 0.15) is 6.42 Å². The van der Waals surface area contributed by atoms with Crippen LogP contribution < -0.4 is 0 Å². The number of benzene rings is 1. The van der Waals surface area contributed by atoms with E-state index in [1.54, 1.807) is 0 Å². The number of thioether (sulfide) groups is 1. The molecule has 2 rings (SSSR count). The average molecular weight is 206 g/mol. The van der Waals surface area contributed by atoms with E-state index in [1.165, 1.54) is 4.90 Å². The monoisotopic (exact) mass is 206 g/mol. The highest BCUT2D eigenvalue weighted by atomic mass is 32.2. The van der Waals surface area contributed by atoms with Crippen LogP contribution in [0.2, 0.25) is 0 Å². The summed E-state index contributed by atoms with van der Waals surface area (Å²) in [7, 11) is 0. The molecule has 1 heterocycles. The van der Waals surface area contributed by atoms with E-state index in [9.17, 15) is 0 Å². The molecule has 0 N–H and O–H groups in total. The minimum Gasteiger partial charge on any atom is -0.373 e. The van der Waals surface area contributed by atoms with Gasteiger partial charge in [0.15, 0.2) is 0 Å². The maximum Gasteiger partial charge on any atom is 0.0844 e. The Balaban J connectivity index is 1.64. The van der Waals surface area contributed by atoms with E-state index in [0.717, 1.165) is 18.8 Å². The lowest BCUT2D eigenvalue weighted by Gasteiger charge is -1.95. The maximum atomic E-state index is 5.12. The molecule has 2 heteroatoms. The Kier molecular flexibility index (Phi) is 3.66. The fourth-order valence-corrected chi connectivity index (χ4v) is 1.96. The van der Waals surface area contributed by atoms with Gasteiger partial charge in [0.2, 0.25) is 0 Å². The van der Waals surface area contributed by atoms with Gasteiger partial charge < -0.3 is 4.74 Å². The standard InChI is InChI=1S/C12H14OS/c1-2-7-12(8-3-1)14-9-5-4-6-11-10-13-11/h1-5,7-8,11H,6,9-10H2/b5-4+. The second-order valence-electron chi connectivity index (χ2n) is 3.29. The first-order valence-electron chi connectivity index (χ1n) is 4.89. The Morgan fingerprint density at radius 3 is 2.79 bits per heavy atom. The molecule has 1 aliphatic heterocycles. The zero-order valence-corrected chi connectivity index (χ0v) is 8.87. The van der Waals surface area contributed by atoms with Gasteiger partial charge in [0.25, 0.3) is 0 Å². The first-order chi connectivity index (χ1) is 6.95. The van der Waals surface area contributed by atoms with Crippen molar-refractivity contribution >= 4 is 11.8 Å². The number of hydrogen-bond acceptors (Lipinski definition) is 2. The minimum absolute atomic E-state index is 0.521. The van der Waals surface area contributed by atoms with Crippen LogP contribution in [0.15, 0.2) is 47.4 Å². The Labute approximate surface area is 89.2 Å². The zero-order chi connectivity index (χ0) is 9.64. The third kappa shape index (κ3) is 3.56. The molecule has 0 radical (unpaired) electrons. The molecule has 1 unspecified atom stereocenters. The van der Waals surface area contributed by atoms with Gasteiger partial charge in [-0.15, -0.1) is 11.8 Å². The third-order valence-electron chi connectivity index (χ3n) is 2.06. The van der Waals surface area contributed by atoms with E-state index in [0.29, 0.717) is 6.10 Å². The molecule has 1 saturated heterocycles. The summed E-state index contributed by atoms with van der Waals surface area (Å²) in [6.45, 7) is 0.955. The molecule has 0 bridgehead atoms. The van der Waals surface area contributed by atoms with Gasteiger partial charge >= 0.3 is 0 Å². The average Bonchev–Trinajstić information content (AvgIpc) is 3.03. The molecule has 0 aliphatic carbocycles.